The van der Waals surface area contributed by atoms with Gasteiger partial charge in [-0.1, -0.05) is 41.9 Å². The maximum Gasteiger partial charge on any atom is 0.255 e. The van der Waals surface area contributed by atoms with Crippen molar-refractivity contribution in [1.29, 1.82) is 0 Å². The number of nitrogens with zero attached hydrogens (tertiary/aromatic N) is 1. The van der Waals surface area contributed by atoms with Crippen LogP contribution in [0.1, 0.15) is 22.3 Å². The van der Waals surface area contributed by atoms with Gasteiger partial charge in [0.05, 0.1) is 23.4 Å². The first-order valence-corrected chi connectivity index (χ1v) is 9.11. The van der Waals surface area contributed by atoms with E-state index in [0.717, 1.165) is 31.7 Å². The number of nitrogens with one attached hydrogen (secondary N) is 2. The van der Waals surface area contributed by atoms with E-state index < -0.39 is 0 Å². The van der Waals surface area contributed by atoms with Gasteiger partial charge in [0.25, 0.3) is 5.91 Å². The number of methoxy groups -OCH3 is 1. The summed E-state index contributed by atoms with van der Waals surface area (Å²) in [5.41, 5.74) is 2.48. The molecule has 2 N–H and O–H groups in total. The van der Waals surface area contributed by atoms with Gasteiger partial charge >= 0.3 is 0 Å². The Morgan fingerprint density at radius 2 is 2.08 bits per heavy atom. The average molecular weight is 374 g/mol. The van der Waals surface area contributed by atoms with Gasteiger partial charge in [-0.2, -0.15) is 0 Å². The number of halogens is 1. The molecule has 0 aliphatic carbocycles. The van der Waals surface area contributed by atoms with Gasteiger partial charge in [0.2, 0.25) is 0 Å². The topological polar surface area (TPSA) is 53.6 Å². The second-order valence-electron chi connectivity index (χ2n) is 6.46. The van der Waals surface area contributed by atoms with E-state index in [4.69, 9.17) is 16.3 Å². The van der Waals surface area contributed by atoms with Gasteiger partial charge in [-0.3, -0.25) is 9.69 Å². The molecule has 1 aliphatic rings. The molecule has 1 aliphatic heterocycles. The number of amides is 1. The summed E-state index contributed by atoms with van der Waals surface area (Å²) in [7, 11) is 3.33. The Hall–Kier alpha value is -2.24. The minimum Gasteiger partial charge on any atom is -0.496 e. The summed E-state index contributed by atoms with van der Waals surface area (Å²) in [6, 6.07) is 13.9. The van der Waals surface area contributed by atoms with Crippen molar-refractivity contribution in [2.45, 2.75) is 19.0 Å². The molecule has 0 unspecified atom stereocenters. The first-order chi connectivity index (χ1) is 12.6. The maximum atomic E-state index is 12.7. The lowest BCUT2D eigenvalue weighted by molar-refractivity contribution is 0.0934. The first-order valence-electron chi connectivity index (χ1n) is 8.73. The smallest absolute Gasteiger partial charge is 0.255 e. The Bertz CT molecular complexity index is 767. The van der Waals surface area contributed by atoms with Crippen LogP contribution < -0.4 is 15.4 Å². The molecular weight excluding hydrogens is 350 g/mol. The highest BCUT2D eigenvalue weighted by Gasteiger charge is 2.25. The monoisotopic (exact) mass is 373 g/mol. The standard InChI is InChI=1S/C20H24ClN3O2/c1-22-18-11-19(26-2)16(10-17(18)21)20(25)23-15-8-9-24(13-15)12-14-6-4-3-5-7-14/h3-7,10-11,15,22H,8-9,12-13H2,1-2H3,(H,23,25)/t15-/m0/s1. The van der Waals surface area contributed by atoms with Crippen LogP contribution >= 0.6 is 11.6 Å². The molecule has 1 amide bonds. The van der Waals surface area contributed by atoms with E-state index >= 15 is 0 Å². The van der Waals surface area contributed by atoms with Crippen molar-refractivity contribution < 1.29 is 9.53 Å². The van der Waals surface area contributed by atoms with E-state index in [-0.39, 0.29) is 11.9 Å². The minimum absolute atomic E-state index is 0.124. The fourth-order valence-electron chi connectivity index (χ4n) is 3.29. The molecule has 26 heavy (non-hydrogen) atoms. The molecule has 0 saturated carbocycles. The zero-order valence-electron chi connectivity index (χ0n) is 15.1. The van der Waals surface area contributed by atoms with Crippen molar-refractivity contribution in [2.24, 2.45) is 0 Å². The summed E-state index contributed by atoms with van der Waals surface area (Å²) in [5, 5.41) is 6.59. The van der Waals surface area contributed by atoms with Gasteiger partial charge in [-0.25, -0.2) is 0 Å². The number of likely N-dealkylation sites (tertiary alicyclic amines) is 1. The highest BCUT2D eigenvalue weighted by molar-refractivity contribution is 6.33. The van der Waals surface area contributed by atoms with Gasteiger partial charge in [0.1, 0.15) is 5.75 Å². The molecule has 1 atom stereocenters. The van der Waals surface area contributed by atoms with E-state index in [1.54, 1.807) is 26.3 Å². The molecule has 6 heteroatoms. The number of rotatable bonds is 6. The first kappa shape index (κ1) is 18.5. The van der Waals surface area contributed by atoms with Crippen LogP contribution in [0.5, 0.6) is 5.75 Å². The van der Waals surface area contributed by atoms with Crippen molar-refractivity contribution in [3.05, 3.63) is 58.6 Å². The number of benzene rings is 2. The highest BCUT2D eigenvalue weighted by atomic mass is 35.5. The molecule has 2 aromatic rings. The summed E-state index contributed by atoms with van der Waals surface area (Å²) in [6.45, 7) is 2.71. The van der Waals surface area contributed by atoms with Gasteiger partial charge < -0.3 is 15.4 Å². The molecule has 0 aromatic heterocycles. The van der Waals surface area contributed by atoms with Crippen LogP contribution in [-0.2, 0) is 6.54 Å². The van der Waals surface area contributed by atoms with E-state index in [2.05, 4.69) is 39.8 Å². The van der Waals surface area contributed by atoms with Crippen LogP contribution in [0.3, 0.4) is 0 Å². The van der Waals surface area contributed by atoms with Crippen molar-refractivity contribution in [3.8, 4) is 5.75 Å². The molecular formula is C20H24ClN3O2. The average Bonchev–Trinajstić information content (AvgIpc) is 3.09. The Morgan fingerprint density at radius 1 is 1.31 bits per heavy atom. The zero-order chi connectivity index (χ0) is 18.5. The van der Waals surface area contributed by atoms with Crippen LogP contribution in [0.2, 0.25) is 5.02 Å². The number of carbonyl (C=O) groups is 1. The SMILES string of the molecule is CNc1cc(OC)c(C(=O)N[C@H]2CCN(Cc3ccccc3)C2)cc1Cl. The Morgan fingerprint density at radius 3 is 2.77 bits per heavy atom. The van der Waals surface area contributed by atoms with Crippen molar-refractivity contribution >= 4 is 23.2 Å². The third-order valence-corrected chi connectivity index (χ3v) is 4.97. The van der Waals surface area contributed by atoms with Crippen molar-refractivity contribution in [3.63, 3.8) is 0 Å². The summed E-state index contributed by atoms with van der Waals surface area (Å²) in [4.78, 5) is 15.1. The quantitative estimate of drug-likeness (QED) is 0.814. The zero-order valence-corrected chi connectivity index (χ0v) is 15.8. The van der Waals surface area contributed by atoms with Crippen LogP contribution in [0.15, 0.2) is 42.5 Å². The second kappa shape index (κ2) is 8.43. The number of anilines is 1. The van der Waals surface area contributed by atoms with Crippen LogP contribution in [0.4, 0.5) is 5.69 Å². The van der Waals surface area contributed by atoms with Crippen LogP contribution in [0, 0.1) is 0 Å². The number of hydrogen-bond acceptors (Lipinski definition) is 4. The predicted molar refractivity (Wildman–Crippen MR) is 105 cm³/mol. The minimum atomic E-state index is -0.155. The molecule has 2 aromatic carbocycles. The molecule has 1 heterocycles. The predicted octanol–water partition coefficient (Wildman–Crippen LogP) is 3.39. The van der Waals surface area contributed by atoms with Crippen molar-refractivity contribution in [1.82, 2.24) is 10.2 Å². The lowest BCUT2D eigenvalue weighted by Crippen LogP contribution is -2.37. The lowest BCUT2D eigenvalue weighted by atomic mass is 10.1. The van der Waals surface area contributed by atoms with Crippen molar-refractivity contribution in [2.75, 3.05) is 32.6 Å². The van der Waals surface area contributed by atoms with Gasteiger partial charge in [0, 0.05) is 38.8 Å². The molecule has 1 fully saturated rings. The highest BCUT2D eigenvalue weighted by Crippen LogP contribution is 2.30. The van der Waals surface area contributed by atoms with Crippen LogP contribution in [0.25, 0.3) is 0 Å². The van der Waals surface area contributed by atoms with Gasteiger partial charge in [-0.15, -0.1) is 0 Å². The molecule has 0 radical (unpaired) electrons. The Balaban J connectivity index is 1.63. The molecule has 3 rings (SSSR count). The summed E-state index contributed by atoms with van der Waals surface area (Å²) < 4.78 is 5.36. The molecule has 1 saturated heterocycles. The van der Waals surface area contributed by atoms with E-state index in [9.17, 15) is 4.79 Å². The number of hydrogen-bond donors (Lipinski definition) is 2. The molecule has 0 bridgehead atoms. The molecule has 138 valence electrons. The summed E-state index contributed by atoms with van der Waals surface area (Å²) in [5.74, 6) is 0.355. The summed E-state index contributed by atoms with van der Waals surface area (Å²) in [6.07, 6.45) is 0.934. The second-order valence-corrected chi connectivity index (χ2v) is 6.87. The number of carbonyl (C=O) groups excluding carboxylic acids is 1. The Labute approximate surface area is 159 Å². The number of ether oxygens (including phenoxy) is 1. The molecule has 5 nitrogen and oxygen atoms in total. The van der Waals surface area contributed by atoms with E-state index in [0.29, 0.717) is 16.3 Å². The Kier molecular flexibility index (Phi) is 6.01. The van der Waals surface area contributed by atoms with E-state index in [1.807, 2.05) is 6.07 Å². The fraction of sp³-hybridized carbons (Fsp3) is 0.350. The van der Waals surface area contributed by atoms with Gasteiger partial charge in [-0.05, 0) is 18.1 Å². The van der Waals surface area contributed by atoms with Gasteiger partial charge in [0.15, 0.2) is 0 Å². The maximum absolute atomic E-state index is 12.7. The fourth-order valence-corrected chi connectivity index (χ4v) is 3.55. The molecule has 0 spiro atoms. The lowest BCUT2D eigenvalue weighted by Gasteiger charge is -2.18. The van der Waals surface area contributed by atoms with E-state index in [1.165, 1.54) is 5.56 Å². The largest absolute Gasteiger partial charge is 0.496 e. The van der Waals surface area contributed by atoms with Crippen LogP contribution in [-0.4, -0.2) is 44.1 Å². The summed E-state index contributed by atoms with van der Waals surface area (Å²) >= 11 is 6.23. The third-order valence-electron chi connectivity index (χ3n) is 4.66. The third kappa shape index (κ3) is 4.29. The normalized spacial score (nSPS) is 17.1.